The fourth-order valence-electron chi connectivity index (χ4n) is 2.41. The first-order valence-corrected chi connectivity index (χ1v) is 8.85. The lowest BCUT2D eigenvalue weighted by Gasteiger charge is -2.01. The first kappa shape index (κ1) is 14.5. The van der Waals surface area contributed by atoms with E-state index in [0.29, 0.717) is 11.7 Å². The topological polar surface area (TPSA) is 73.8 Å². The van der Waals surface area contributed by atoms with Gasteiger partial charge < -0.3 is 0 Å². The van der Waals surface area contributed by atoms with Crippen LogP contribution < -0.4 is 0 Å². The van der Waals surface area contributed by atoms with Gasteiger partial charge in [0.2, 0.25) is 4.96 Å². The fraction of sp³-hybridized carbons (Fsp3) is 0.357. The minimum absolute atomic E-state index is 0.363. The number of fused-ring (bicyclic) bond motifs is 1. The molecule has 0 aromatic carbocycles. The molecular formula is C14H15N7S2. The Kier molecular flexibility index (Phi) is 3.27. The van der Waals surface area contributed by atoms with Crippen LogP contribution in [-0.2, 0) is 7.05 Å². The van der Waals surface area contributed by atoms with Crippen molar-refractivity contribution in [2.75, 3.05) is 0 Å². The van der Waals surface area contributed by atoms with Gasteiger partial charge in [0.15, 0.2) is 10.8 Å². The molecule has 4 rings (SSSR count). The Morgan fingerprint density at radius 1 is 1.17 bits per heavy atom. The summed E-state index contributed by atoms with van der Waals surface area (Å²) in [7, 11) is 1.88. The van der Waals surface area contributed by atoms with Crippen LogP contribution in [0.2, 0.25) is 0 Å². The highest BCUT2D eigenvalue weighted by Gasteiger charge is 2.20. The quantitative estimate of drug-likeness (QED) is 0.570. The summed E-state index contributed by atoms with van der Waals surface area (Å²) < 4.78 is 3.53. The van der Waals surface area contributed by atoms with Crippen molar-refractivity contribution in [1.29, 1.82) is 0 Å². The molecule has 7 nitrogen and oxygen atoms in total. The van der Waals surface area contributed by atoms with Gasteiger partial charge in [-0.05, 0) is 12.8 Å². The number of rotatable bonds is 3. The molecule has 0 radical (unpaired) electrons. The molecule has 4 aromatic rings. The second-order valence-electron chi connectivity index (χ2n) is 5.63. The molecule has 0 aliphatic rings. The lowest BCUT2D eigenvalue weighted by molar-refractivity contribution is 0.768. The van der Waals surface area contributed by atoms with Crippen molar-refractivity contribution in [1.82, 2.24) is 34.6 Å². The molecule has 0 amide bonds. The molecule has 0 bridgehead atoms. The van der Waals surface area contributed by atoms with Crippen molar-refractivity contribution in [2.24, 2.45) is 7.05 Å². The van der Waals surface area contributed by atoms with Gasteiger partial charge in [-0.2, -0.15) is 14.7 Å². The summed E-state index contributed by atoms with van der Waals surface area (Å²) in [5.41, 5.74) is 2.00. The molecule has 0 spiro atoms. The van der Waals surface area contributed by atoms with E-state index in [9.17, 15) is 0 Å². The zero-order chi connectivity index (χ0) is 16.1. The van der Waals surface area contributed by atoms with Crippen LogP contribution in [0.15, 0.2) is 12.4 Å². The lowest BCUT2D eigenvalue weighted by Crippen LogP contribution is -1.93. The number of thiazole rings is 1. The largest absolute Gasteiger partial charge is 0.275 e. The molecule has 4 aromatic heterocycles. The third-order valence-corrected chi connectivity index (χ3v) is 5.49. The molecule has 0 fully saturated rings. The summed E-state index contributed by atoms with van der Waals surface area (Å²) >= 11 is 3.22. The molecule has 0 aliphatic heterocycles. The summed E-state index contributed by atoms with van der Waals surface area (Å²) in [5.74, 6) is 1.07. The van der Waals surface area contributed by atoms with Crippen LogP contribution in [-0.4, -0.2) is 34.6 Å². The minimum Gasteiger partial charge on any atom is -0.275 e. The van der Waals surface area contributed by atoms with Crippen LogP contribution in [0.25, 0.3) is 26.2 Å². The predicted molar refractivity (Wildman–Crippen MR) is 90.8 cm³/mol. The van der Waals surface area contributed by atoms with E-state index in [4.69, 9.17) is 5.10 Å². The van der Waals surface area contributed by atoms with Gasteiger partial charge in [0.25, 0.3) is 0 Å². The fourth-order valence-corrected chi connectivity index (χ4v) is 4.40. The van der Waals surface area contributed by atoms with Crippen molar-refractivity contribution in [3.05, 3.63) is 23.1 Å². The minimum atomic E-state index is 0.363. The Labute approximate surface area is 140 Å². The van der Waals surface area contributed by atoms with E-state index >= 15 is 0 Å². The van der Waals surface area contributed by atoms with E-state index in [1.54, 1.807) is 26.7 Å². The summed E-state index contributed by atoms with van der Waals surface area (Å²) in [4.78, 5) is 6.56. The van der Waals surface area contributed by atoms with Crippen LogP contribution in [0.1, 0.15) is 30.5 Å². The van der Waals surface area contributed by atoms with E-state index in [2.05, 4.69) is 34.1 Å². The standard InChI is InChI=1S/C14H15N7S2/c1-7(2)10-11(22-8(3)16-10)13-19-21-12(17-18-14(21)23-13)9-5-15-20(4)6-9/h5-7H,1-4H3. The molecule has 23 heavy (non-hydrogen) atoms. The van der Waals surface area contributed by atoms with Gasteiger partial charge in [-0.1, -0.05) is 25.2 Å². The van der Waals surface area contributed by atoms with Gasteiger partial charge in [0, 0.05) is 13.2 Å². The van der Waals surface area contributed by atoms with E-state index in [0.717, 1.165) is 31.1 Å². The lowest BCUT2D eigenvalue weighted by atomic mass is 10.1. The summed E-state index contributed by atoms with van der Waals surface area (Å²) in [6, 6.07) is 0. The van der Waals surface area contributed by atoms with Crippen LogP contribution in [0.3, 0.4) is 0 Å². The third kappa shape index (κ3) is 2.36. The van der Waals surface area contributed by atoms with Gasteiger partial charge in [0.05, 0.1) is 27.3 Å². The van der Waals surface area contributed by atoms with E-state index in [-0.39, 0.29) is 0 Å². The average molecular weight is 345 g/mol. The van der Waals surface area contributed by atoms with Crippen molar-refractivity contribution < 1.29 is 0 Å². The maximum atomic E-state index is 4.73. The van der Waals surface area contributed by atoms with Gasteiger partial charge in [0.1, 0.15) is 0 Å². The Morgan fingerprint density at radius 3 is 2.70 bits per heavy atom. The number of nitrogens with zero attached hydrogens (tertiary/aromatic N) is 7. The van der Waals surface area contributed by atoms with Gasteiger partial charge in [-0.15, -0.1) is 21.5 Å². The van der Waals surface area contributed by atoms with Crippen LogP contribution >= 0.6 is 22.7 Å². The number of hydrogen-bond acceptors (Lipinski definition) is 7. The van der Waals surface area contributed by atoms with Gasteiger partial charge in [-0.3, -0.25) is 4.68 Å². The zero-order valence-corrected chi connectivity index (χ0v) is 14.8. The van der Waals surface area contributed by atoms with Crippen molar-refractivity contribution in [3.8, 4) is 21.3 Å². The first-order chi connectivity index (χ1) is 11.0. The average Bonchev–Trinajstić information content (AvgIpc) is 3.20. The molecule has 0 aliphatic carbocycles. The van der Waals surface area contributed by atoms with Crippen LogP contribution in [0.5, 0.6) is 0 Å². The van der Waals surface area contributed by atoms with E-state index in [1.165, 1.54) is 11.3 Å². The Bertz CT molecular complexity index is 988. The Morgan fingerprint density at radius 2 is 2.00 bits per heavy atom. The highest BCUT2D eigenvalue weighted by molar-refractivity contribution is 7.24. The van der Waals surface area contributed by atoms with Crippen LogP contribution in [0, 0.1) is 6.92 Å². The predicted octanol–water partition coefficient (Wildman–Crippen LogP) is 3.14. The molecule has 0 atom stereocenters. The first-order valence-electron chi connectivity index (χ1n) is 7.22. The van der Waals surface area contributed by atoms with Crippen LogP contribution in [0.4, 0.5) is 0 Å². The normalized spacial score (nSPS) is 11.9. The van der Waals surface area contributed by atoms with E-state index in [1.807, 2.05) is 20.2 Å². The molecule has 9 heteroatoms. The van der Waals surface area contributed by atoms with Crippen molar-refractivity contribution in [3.63, 3.8) is 0 Å². The van der Waals surface area contributed by atoms with Gasteiger partial charge >= 0.3 is 0 Å². The summed E-state index contributed by atoms with van der Waals surface area (Å²) in [5, 5.41) is 19.4. The molecule has 0 N–H and O–H groups in total. The highest BCUT2D eigenvalue weighted by atomic mass is 32.1. The third-order valence-electron chi connectivity index (χ3n) is 3.46. The summed E-state index contributed by atoms with van der Waals surface area (Å²) in [6.45, 7) is 6.33. The number of hydrogen-bond donors (Lipinski definition) is 0. The van der Waals surface area contributed by atoms with Crippen molar-refractivity contribution in [2.45, 2.75) is 26.7 Å². The Balaban J connectivity index is 1.86. The molecule has 0 saturated heterocycles. The molecular weight excluding hydrogens is 330 g/mol. The highest BCUT2D eigenvalue weighted by Crippen LogP contribution is 2.37. The SMILES string of the molecule is Cc1nc(C(C)C)c(-c2nn3c(-c4cnn(C)c4)nnc3s2)s1. The van der Waals surface area contributed by atoms with E-state index < -0.39 is 0 Å². The second-order valence-corrected chi connectivity index (χ2v) is 7.79. The second kappa shape index (κ2) is 5.20. The zero-order valence-electron chi connectivity index (χ0n) is 13.2. The number of aromatic nitrogens is 7. The molecule has 0 unspecified atom stereocenters. The Hall–Kier alpha value is -2.13. The maximum absolute atomic E-state index is 4.73. The smallest absolute Gasteiger partial charge is 0.235 e. The molecule has 118 valence electrons. The number of aryl methyl sites for hydroxylation is 2. The van der Waals surface area contributed by atoms with Crippen molar-refractivity contribution >= 4 is 27.6 Å². The monoisotopic (exact) mass is 345 g/mol. The molecule has 4 heterocycles. The summed E-state index contributed by atoms with van der Waals surface area (Å²) in [6.07, 6.45) is 3.68. The molecule has 0 saturated carbocycles. The van der Waals surface area contributed by atoms with Gasteiger partial charge in [-0.25, -0.2) is 4.98 Å². The maximum Gasteiger partial charge on any atom is 0.235 e.